The maximum absolute atomic E-state index is 12.6. The van der Waals surface area contributed by atoms with Crippen molar-refractivity contribution in [1.29, 1.82) is 0 Å². The highest BCUT2D eigenvalue weighted by Gasteiger charge is 2.21. The fourth-order valence-electron chi connectivity index (χ4n) is 4.21. The third-order valence-electron chi connectivity index (χ3n) is 5.76. The lowest BCUT2D eigenvalue weighted by atomic mass is 9.90. The van der Waals surface area contributed by atoms with Gasteiger partial charge in [0.15, 0.2) is 0 Å². The molecule has 0 aliphatic heterocycles. The quantitative estimate of drug-likeness (QED) is 0.383. The van der Waals surface area contributed by atoms with E-state index < -0.39 is 21.7 Å². The average molecular weight is 526 g/mol. The van der Waals surface area contributed by atoms with Gasteiger partial charge in [0.1, 0.15) is 5.60 Å². The number of carbonyl (C=O) groups excluding carboxylic acids is 1. The van der Waals surface area contributed by atoms with Crippen molar-refractivity contribution in [2.75, 3.05) is 12.8 Å². The monoisotopic (exact) mass is 525 g/mol. The molecule has 3 rings (SSSR count). The summed E-state index contributed by atoms with van der Waals surface area (Å²) in [4.78, 5) is 17.6. The van der Waals surface area contributed by atoms with E-state index in [2.05, 4.69) is 61.1 Å². The number of aryl methyl sites for hydroxylation is 1. The molecule has 1 aromatic heterocycles. The SMILES string of the molecule is Cc1ccc(-c2c(CNC(=O)OC(C)(C)C)c(CC(C)C)nc3ccc(CCNS(C)(=O)=O)cc23)cc1. The van der Waals surface area contributed by atoms with Gasteiger partial charge < -0.3 is 10.1 Å². The molecule has 37 heavy (non-hydrogen) atoms. The lowest BCUT2D eigenvalue weighted by Crippen LogP contribution is -2.32. The number of aromatic nitrogens is 1. The molecule has 2 N–H and O–H groups in total. The molecule has 2 aromatic carbocycles. The van der Waals surface area contributed by atoms with Gasteiger partial charge in [-0.15, -0.1) is 0 Å². The summed E-state index contributed by atoms with van der Waals surface area (Å²) in [6, 6.07) is 14.4. The number of hydrogen-bond donors (Lipinski definition) is 2. The van der Waals surface area contributed by atoms with E-state index in [0.717, 1.165) is 57.1 Å². The molecular formula is C29H39N3O4S. The highest BCUT2D eigenvalue weighted by molar-refractivity contribution is 7.88. The summed E-state index contributed by atoms with van der Waals surface area (Å²) in [5, 5.41) is 3.91. The first-order chi connectivity index (χ1) is 17.2. The number of fused-ring (bicyclic) bond motifs is 1. The van der Waals surface area contributed by atoms with E-state index in [0.29, 0.717) is 18.9 Å². The van der Waals surface area contributed by atoms with E-state index in [1.54, 1.807) is 0 Å². The smallest absolute Gasteiger partial charge is 0.407 e. The number of carbonyl (C=O) groups is 1. The molecule has 0 fully saturated rings. The summed E-state index contributed by atoms with van der Waals surface area (Å²) >= 11 is 0. The maximum atomic E-state index is 12.6. The Bertz CT molecular complexity index is 1360. The van der Waals surface area contributed by atoms with Crippen LogP contribution in [0.15, 0.2) is 42.5 Å². The van der Waals surface area contributed by atoms with Crippen molar-refractivity contribution in [3.8, 4) is 11.1 Å². The van der Waals surface area contributed by atoms with Crippen molar-refractivity contribution in [1.82, 2.24) is 15.0 Å². The first-order valence-electron chi connectivity index (χ1n) is 12.6. The lowest BCUT2D eigenvalue weighted by molar-refractivity contribution is 0.0523. The molecule has 0 spiro atoms. The maximum Gasteiger partial charge on any atom is 0.407 e. The summed E-state index contributed by atoms with van der Waals surface area (Å²) in [7, 11) is -3.26. The summed E-state index contributed by atoms with van der Waals surface area (Å²) in [5.74, 6) is 0.373. The van der Waals surface area contributed by atoms with Crippen LogP contribution in [0.25, 0.3) is 22.0 Å². The van der Waals surface area contributed by atoms with Crippen LogP contribution < -0.4 is 10.0 Å². The lowest BCUT2D eigenvalue weighted by Gasteiger charge is -2.22. The molecule has 0 aliphatic rings. The highest BCUT2D eigenvalue weighted by atomic mass is 32.2. The molecule has 0 saturated carbocycles. The molecule has 3 aromatic rings. The number of pyridine rings is 1. The topological polar surface area (TPSA) is 97.4 Å². The molecule has 0 radical (unpaired) electrons. The molecule has 200 valence electrons. The van der Waals surface area contributed by atoms with Gasteiger partial charge in [0.2, 0.25) is 10.0 Å². The van der Waals surface area contributed by atoms with Crippen LogP contribution in [0.3, 0.4) is 0 Å². The van der Waals surface area contributed by atoms with Crippen molar-refractivity contribution >= 4 is 27.0 Å². The van der Waals surface area contributed by atoms with Crippen LogP contribution >= 0.6 is 0 Å². The second kappa shape index (κ2) is 11.6. The van der Waals surface area contributed by atoms with Crippen molar-refractivity contribution in [2.24, 2.45) is 5.92 Å². The molecule has 0 bridgehead atoms. The van der Waals surface area contributed by atoms with Gasteiger partial charge in [-0.3, -0.25) is 4.98 Å². The number of sulfonamides is 1. The summed E-state index contributed by atoms with van der Waals surface area (Å²) in [6.07, 6.45) is 2.00. The Balaban J connectivity index is 2.15. The molecule has 1 amide bonds. The Hall–Kier alpha value is -2.97. The molecule has 0 unspecified atom stereocenters. The zero-order valence-corrected chi connectivity index (χ0v) is 23.8. The van der Waals surface area contributed by atoms with Crippen molar-refractivity contribution < 1.29 is 17.9 Å². The predicted molar refractivity (Wildman–Crippen MR) is 150 cm³/mol. The summed E-state index contributed by atoms with van der Waals surface area (Å²) < 4.78 is 31.1. The molecule has 0 saturated heterocycles. The first-order valence-corrected chi connectivity index (χ1v) is 14.5. The minimum absolute atomic E-state index is 0.281. The number of alkyl carbamates (subject to hydrolysis) is 1. The third-order valence-corrected chi connectivity index (χ3v) is 6.49. The van der Waals surface area contributed by atoms with Crippen molar-refractivity contribution in [2.45, 2.75) is 66.5 Å². The van der Waals surface area contributed by atoms with Gasteiger partial charge in [0.05, 0.1) is 11.8 Å². The molecular weight excluding hydrogens is 486 g/mol. The Morgan fingerprint density at radius 3 is 2.35 bits per heavy atom. The Morgan fingerprint density at radius 2 is 1.76 bits per heavy atom. The normalized spacial score (nSPS) is 12.2. The van der Waals surface area contributed by atoms with Gasteiger partial charge in [-0.05, 0) is 75.3 Å². The third kappa shape index (κ3) is 8.54. The molecule has 8 heteroatoms. The molecule has 7 nitrogen and oxygen atoms in total. The van der Waals surface area contributed by atoms with E-state index in [1.165, 1.54) is 0 Å². The molecule has 0 aliphatic carbocycles. The minimum atomic E-state index is -3.26. The van der Waals surface area contributed by atoms with Crippen LogP contribution in [0.2, 0.25) is 0 Å². The second-order valence-corrected chi connectivity index (χ2v) is 12.8. The largest absolute Gasteiger partial charge is 0.444 e. The van der Waals surface area contributed by atoms with E-state index in [4.69, 9.17) is 9.72 Å². The van der Waals surface area contributed by atoms with Gasteiger partial charge in [-0.1, -0.05) is 49.7 Å². The number of benzene rings is 2. The van der Waals surface area contributed by atoms with Crippen LogP contribution in [0.1, 0.15) is 57.0 Å². The van der Waals surface area contributed by atoms with Crippen LogP contribution in [0.4, 0.5) is 4.79 Å². The van der Waals surface area contributed by atoms with Gasteiger partial charge >= 0.3 is 6.09 Å². The zero-order valence-electron chi connectivity index (χ0n) is 22.9. The standard InChI is InChI=1S/C29H39N3O4S/c1-19(2)16-26-24(18-30-28(33)36-29(4,5)6)27(22-11-8-20(3)9-12-22)23-17-21(10-13-25(23)32-26)14-15-31-37(7,34)35/h8-13,17,19,31H,14-16,18H2,1-7H3,(H,30,33). The van der Waals surface area contributed by atoms with Crippen molar-refractivity contribution in [3.63, 3.8) is 0 Å². The summed E-state index contributed by atoms with van der Waals surface area (Å²) in [5.41, 5.74) is 6.40. The zero-order chi connectivity index (χ0) is 27.4. The minimum Gasteiger partial charge on any atom is -0.444 e. The number of nitrogens with one attached hydrogen (secondary N) is 2. The van der Waals surface area contributed by atoms with E-state index in [1.807, 2.05) is 32.9 Å². The number of nitrogens with zero attached hydrogens (tertiary/aromatic N) is 1. The Kier molecular flexibility index (Phi) is 8.97. The van der Waals surface area contributed by atoms with Crippen LogP contribution in [-0.2, 0) is 34.1 Å². The fourth-order valence-corrected chi connectivity index (χ4v) is 4.68. The summed E-state index contributed by atoms with van der Waals surface area (Å²) in [6.45, 7) is 12.5. The number of amides is 1. The first kappa shape index (κ1) is 28.6. The van der Waals surface area contributed by atoms with Crippen LogP contribution in [0.5, 0.6) is 0 Å². The van der Waals surface area contributed by atoms with Gasteiger partial charge in [0.25, 0.3) is 0 Å². The van der Waals surface area contributed by atoms with E-state index >= 15 is 0 Å². The predicted octanol–water partition coefficient (Wildman–Crippen LogP) is 5.53. The number of hydrogen-bond acceptors (Lipinski definition) is 5. The van der Waals surface area contributed by atoms with Gasteiger partial charge in [0, 0.05) is 29.7 Å². The van der Waals surface area contributed by atoms with Gasteiger partial charge in [-0.25, -0.2) is 17.9 Å². The Morgan fingerprint density at radius 1 is 1.08 bits per heavy atom. The molecule has 0 atom stereocenters. The van der Waals surface area contributed by atoms with Gasteiger partial charge in [-0.2, -0.15) is 0 Å². The van der Waals surface area contributed by atoms with Crippen LogP contribution in [-0.4, -0.2) is 37.9 Å². The van der Waals surface area contributed by atoms with E-state index in [9.17, 15) is 13.2 Å². The number of rotatable bonds is 9. The van der Waals surface area contributed by atoms with E-state index in [-0.39, 0.29) is 6.54 Å². The van der Waals surface area contributed by atoms with Crippen LogP contribution in [0, 0.1) is 12.8 Å². The second-order valence-electron chi connectivity index (χ2n) is 11.0. The highest BCUT2D eigenvalue weighted by Crippen LogP contribution is 2.35. The Labute approximate surface area is 221 Å². The average Bonchev–Trinajstić information content (AvgIpc) is 2.76. The number of ether oxygens (including phenoxy) is 1. The molecule has 1 heterocycles. The van der Waals surface area contributed by atoms with Crippen molar-refractivity contribution in [3.05, 3.63) is 64.8 Å². The fraction of sp³-hybridized carbons (Fsp3) is 0.448.